The summed E-state index contributed by atoms with van der Waals surface area (Å²) in [5, 5.41) is 3.50. The monoisotopic (exact) mass is 522 g/mol. The van der Waals surface area contributed by atoms with Crippen molar-refractivity contribution in [3.63, 3.8) is 0 Å². The minimum Gasteiger partial charge on any atom is -0.456 e. The molecule has 0 radical (unpaired) electrons. The smallest absolute Gasteiger partial charge is 0.339 e. The third-order valence-electron chi connectivity index (χ3n) is 6.93. The molecule has 2 heterocycles. The van der Waals surface area contributed by atoms with Crippen molar-refractivity contribution < 1.29 is 9.53 Å². The summed E-state index contributed by atoms with van der Waals surface area (Å²) in [4.78, 5) is 22.6. The Morgan fingerprint density at radius 1 is 1.08 bits per heavy atom. The molecule has 0 amide bonds. The van der Waals surface area contributed by atoms with Crippen LogP contribution in [0.25, 0.3) is 22.2 Å². The van der Waals surface area contributed by atoms with Gasteiger partial charge in [0.05, 0.1) is 23.1 Å². The van der Waals surface area contributed by atoms with Crippen LogP contribution in [0.1, 0.15) is 73.9 Å². The van der Waals surface area contributed by atoms with Crippen LogP contribution < -0.4 is 5.32 Å². The number of nitrogens with one attached hydrogen (secondary N) is 1. The Morgan fingerprint density at radius 3 is 2.49 bits per heavy atom. The first-order chi connectivity index (χ1) is 18.6. The summed E-state index contributed by atoms with van der Waals surface area (Å²) in [6, 6.07) is 20.9. The number of imidazole rings is 1. The van der Waals surface area contributed by atoms with Crippen LogP contribution >= 0.6 is 0 Å². The highest BCUT2D eigenvalue weighted by atomic mass is 16.6. The number of ether oxygens (including phenoxy) is 1. The molecule has 5 rings (SSSR count). The zero-order valence-corrected chi connectivity index (χ0v) is 23.8. The van der Waals surface area contributed by atoms with E-state index in [9.17, 15) is 4.79 Å². The number of aliphatic imine (C=N–C) groups is 1. The minimum atomic E-state index is -0.547. The number of aromatic nitrogens is 2. The lowest BCUT2D eigenvalue weighted by Crippen LogP contribution is -2.27. The van der Waals surface area contributed by atoms with E-state index in [2.05, 4.69) is 67.1 Å². The van der Waals surface area contributed by atoms with Crippen LogP contribution in [0.4, 0.5) is 0 Å². The van der Waals surface area contributed by atoms with E-state index >= 15 is 0 Å². The first-order valence-corrected chi connectivity index (χ1v) is 13.9. The highest BCUT2D eigenvalue weighted by Gasteiger charge is 2.21. The number of rotatable bonds is 7. The zero-order chi connectivity index (χ0) is 27.7. The van der Waals surface area contributed by atoms with Crippen molar-refractivity contribution >= 4 is 22.8 Å². The number of benzene rings is 3. The van der Waals surface area contributed by atoms with Crippen LogP contribution in [0, 0.1) is 6.92 Å². The summed E-state index contributed by atoms with van der Waals surface area (Å²) in [5.74, 6) is 1.75. The van der Waals surface area contributed by atoms with Crippen molar-refractivity contribution in [2.75, 3.05) is 6.54 Å². The number of hydrogen-bond donors (Lipinski definition) is 1. The van der Waals surface area contributed by atoms with Crippen LogP contribution in [-0.4, -0.2) is 39.5 Å². The fourth-order valence-corrected chi connectivity index (χ4v) is 5.11. The SMILES string of the molecule is CCCc1nc2c(C)cc(C3=NCC(C)N3)cc2n1Cc1ccc(-c2ccccc2C(=O)OC(C)(C)C)cc1. The highest BCUT2D eigenvalue weighted by molar-refractivity contribution is 6.03. The molecular weight excluding hydrogens is 484 g/mol. The normalized spacial score (nSPS) is 15.3. The summed E-state index contributed by atoms with van der Waals surface area (Å²) < 4.78 is 8.00. The number of esters is 1. The molecule has 6 nitrogen and oxygen atoms in total. The van der Waals surface area contributed by atoms with Gasteiger partial charge in [-0.15, -0.1) is 0 Å². The molecule has 0 fully saturated rings. The van der Waals surface area contributed by atoms with E-state index < -0.39 is 5.60 Å². The first-order valence-electron chi connectivity index (χ1n) is 13.9. The number of aryl methyl sites for hydroxylation is 2. The van der Waals surface area contributed by atoms with Crippen molar-refractivity contribution in [2.45, 2.75) is 72.6 Å². The van der Waals surface area contributed by atoms with Crippen LogP contribution in [-0.2, 0) is 17.7 Å². The molecular formula is C33H38N4O2. The largest absolute Gasteiger partial charge is 0.456 e. The third-order valence-corrected chi connectivity index (χ3v) is 6.93. The minimum absolute atomic E-state index is 0.307. The summed E-state index contributed by atoms with van der Waals surface area (Å²) in [5.41, 5.74) is 7.53. The maximum atomic E-state index is 12.9. The molecule has 0 saturated carbocycles. The lowest BCUT2D eigenvalue weighted by molar-refractivity contribution is 0.00704. The molecule has 1 aliphatic rings. The van der Waals surface area contributed by atoms with E-state index in [1.807, 2.05) is 45.0 Å². The predicted octanol–water partition coefficient (Wildman–Crippen LogP) is 6.71. The van der Waals surface area contributed by atoms with Crippen molar-refractivity contribution in [3.05, 3.63) is 88.7 Å². The third kappa shape index (κ3) is 5.75. The van der Waals surface area contributed by atoms with Crippen LogP contribution in [0.3, 0.4) is 0 Å². The molecule has 1 N–H and O–H groups in total. The molecule has 3 aromatic carbocycles. The Balaban J connectivity index is 1.48. The second kappa shape index (κ2) is 10.7. The average Bonchev–Trinajstić information content (AvgIpc) is 3.48. The number of carbonyl (C=O) groups is 1. The molecule has 0 spiro atoms. The summed E-state index contributed by atoms with van der Waals surface area (Å²) in [7, 11) is 0. The Hall–Kier alpha value is -3.93. The number of fused-ring (bicyclic) bond motifs is 1. The van der Waals surface area contributed by atoms with Gasteiger partial charge >= 0.3 is 5.97 Å². The van der Waals surface area contributed by atoms with E-state index in [-0.39, 0.29) is 5.97 Å². The van der Waals surface area contributed by atoms with Gasteiger partial charge in [-0.3, -0.25) is 4.99 Å². The second-order valence-electron chi connectivity index (χ2n) is 11.5. The Bertz CT molecular complexity index is 1540. The van der Waals surface area contributed by atoms with Gasteiger partial charge in [0, 0.05) is 24.6 Å². The topological polar surface area (TPSA) is 68.5 Å². The standard InChI is InChI=1S/C33H38N4O2/c1-7-10-29-36-30-21(2)17-25(31-34-19-22(3)35-31)18-28(30)37(29)20-23-13-15-24(16-14-23)26-11-8-9-12-27(26)32(38)39-33(4,5)6/h8-9,11-18,22H,7,10,19-20H2,1-6H3,(H,34,35). The number of carbonyl (C=O) groups excluding carboxylic acids is 1. The van der Waals surface area contributed by atoms with Crippen LogP contribution in [0.5, 0.6) is 0 Å². The van der Waals surface area contributed by atoms with Crippen LogP contribution in [0.2, 0.25) is 0 Å². The molecule has 39 heavy (non-hydrogen) atoms. The molecule has 1 atom stereocenters. The van der Waals surface area contributed by atoms with Gasteiger partial charge < -0.3 is 14.6 Å². The number of nitrogens with zero attached hydrogens (tertiary/aromatic N) is 3. The maximum Gasteiger partial charge on any atom is 0.339 e. The summed E-state index contributed by atoms with van der Waals surface area (Å²) in [6.45, 7) is 13.7. The molecule has 1 aromatic heterocycles. The van der Waals surface area contributed by atoms with Gasteiger partial charge in [-0.1, -0.05) is 49.4 Å². The molecule has 4 aromatic rings. The molecule has 1 unspecified atom stereocenters. The van der Waals surface area contributed by atoms with Gasteiger partial charge in [0.1, 0.15) is 17.3 Å². The average molecular weight is 523 g/mol. The molecule has 202 valence electrons. The molecule has 0 aliphatic carbocycles. The zero-order valence-electron chi connectivity index (χ0n) is 23.8. The lowest BCUT2D eigenvalue weighted by atomic mass is 9.98. The van der Waals surface area contributed by atoms with Crippen LogP contribution in [0.15, 0.2) is 65.7 Å². The lowest BCUT2D eigenvalue weighted by Gasteiger charge is -2.20. The number of amidine groups is 1. The summed E-state index contributed by atoms with van der Waals surface area (Å²) in [6.07, 6.45) is 1.95. The van der Waals surface area contributed by atoms with E-state index in [1.54, 1.807) is 0 Å². The second-order valence-corrected chi connectivity index (χ2v) is 11.5. The van der Waals surface area contributed by atoms with Crippen molar-refractivity contribution in [2.24, 2.45) is 4.99 Å². The van der Waals surface area contributed by atoms with Crippen molar-refractivity contribution in [1.29, 1.82) is 0 Å². The molecule has 1 aliphatic heterocycles. The van der Waals surface area contributed by atoms with E-state index in [1.165, 1.54) is 5.56 Å². The number of hydrogen-bond acceptors (Lipinski definition) is 5. The Labute approximate surface area is 231 Å². The highest BCUT2D eigenvalue weighted by Crippen LogP contribution is 2.28. The van der Waals surface area contributed by atoms with Gasteiger partial charge in [0.2, 0.25) is 0 Å². The van der Waals surface area contributed by atoms with Gasteiger partial charge in [-0.25, -0.2) is 9.78 Å². The van der Waals surface area contributed by atoms with E-state index in [0.717, 1.165) is 70.9 Å². The Morgan fingerprint density at radius 2 is 1.82 bits per heavy atom. The Kier molecular flexibility index (Phi) is 7.30. The fraction of sp³-hybridized carbons (Fsp3) is 0.364. The molecule has 6 heteroatoms. The molecule has 0 saturated heterocycles. The van der Waals surface area contributed by atoms with Gasteiger partial charge in [-0.2, -0.15) is 0 Å². The first kappa shape index (κ1) is 26.7. The quantitative estimate of drug-likeness (QED) is 0.274. The summed E-state index contributed by atoms with van der Waals surface area (Å²) >= 11 is 0. The van der Waals surface area contributed by atoms with Crippen molar-refractivity contribution in [1.82, 2.24) is 14.9 Å². The predicted molar refractivity (Wildman–Crippen MR) is 159 cm³/mol. The van der Waals surface area contributed by atoms with E-state index in [4.69, 9.17) is 14.7 Å². The fourth-order valence-electron chi connectivity index (χ4n) is 5.11. The van der Waals surface area contributed by atoms with E-state index in [0.29, 0.717) is 11.6 Å². The maximum absolute atomic E-state index is 12.9. The van der Waals surface area contributed by atoms with Gasteiger partial charge in [0.15, 0.2) is 0 Å². The molecule has 0 bridgehead atoms. The van der Waals surface area contributed by atoms with Crippen molar-refractivity contribution in [3.8, 4) is 11.1 Å². The van der Waals surface area contributed by atoms with Gasteiger partial charge in [-0.05, 0) is 81.5 Å². The van der Waals surface area contributed by atoms with Gasteiger partial charge in [0.25, 0.3) is 0 Å².